The van der Waals surface area contributed by atoms with Crippen molar-refractivity contribution >= 4 is 48.8 Å². The second kappa shape index (κ2) is 8.73. The van der Waals surface area contributed by atoms with Gasteiger partial charge in [-0.3, -0.25) is 4.79 Å². The summed E-state index contributed by atoms with van der Waals surface area (Å²) in [7, 11) is -3.65. The molecule has 1 atom stereocenters. The van der Waals surface area contributed by atoms with Crippen LogP contribution in [0, 0.1) is 17.6 Å². The zero-order valence-electron chi connectivity index (χ0n) is 16.3. The van der Waals surface area contributed by atoms with Gasteiger partial charge in [-0.05, 0) is 30.4 Å². The van der Waals surface area contributed by atoms with Gasteiger partial charge in [-0.25, -0.2) is 17.2 Å². The van der Waals surface area contributed by atoms with Crippen LogP contribution in [-0.4, -0.2) is 36.3 Å². The molecule has 0 bridgehead atoms. The Bertz CT molecular complexity index is 1310. The Morgan fingerprint density at radius 2 is 2.16 bits per heavy atom. The quantitative estimate of drug-likeness (QED) is 0.519. The van der Waals surface area contributed by atoms with E-state index in [-0.39, 0.29) is 27.6 Å². The first kappa shape index (κ1) is 22.0. The third-order valence-electron chi connectivity index (χ3n) is 5.04. The molecule has 0 radical (unpaired) electrons. The van der Waals surface area contributed by atoms with Gasteiger partial charge in [-0.2, -0.15) is 9.30 Å². The Kier molecular flexibility index (Phi) is 6.20. The topological polar surface area (TPSA) is 71.7 Å². The Hall–Kier alpha value is -2.21. The van der Waals surface area contributed by atoms with Gasteiger partial charge < -0.3 is 4.57 Å². The van der Waals surface area contributed by atoms with E-state index in [1.807, 2.05) is 0 Å². The third kappa shape index (κ3) is 4.27. The van der Waals surface area contributed by atoms with Crippen molar-refractivity contribution in [3.63, 3.8) is 0 Å². The molecule has 1 fully saturated rings. The molecule has 1 aliphatic heterocycles. The molecule has 2 aromatic heterocycles. The van der Waals surface area contributed by atoms with Gasteiger partial charge in [0.1, 0.15) is 10.0 Å². The van der Waals surface area contributed by atoms with Crippen LogP contribution in [0.2, 0.25) is 0 Å². The summed E-state index contributed by atoms with van der Waals surface area (Å²) in [5.41, 5.74) is 0.156. The maximum Gasteiger partial charge on any atom is 0.252 e. The van der Waals surface area contributed by atoms with Crippen LogP contribution < -0.4 is 4.80 Å². The van der Waals surface area contributed by atoms with Gasteiger partial charge in [-0.15, -0.1) is 17.9 Å². The number of piperidine rings is 1. The minimum absolute atomic E-state index is 0.0396. The first-order valence-corrected chi connectivity index (χ1v) is 12.7. The number of fused-ring (bicyclic) bond motifs is 1. The molecule has 3 heterocycles. The standard InChI is InChI=1S/C20H19F2N3O3S3/c1-2-7-25-18-15(22)10-14(21)11-16(18)30-20(25)23-19(26)13-5-3-8-24(12-13)31(27,28)17-6-4-9-29-17/h2,4,6,9-11,13H,1,3,5,7-8,12H2. The van der Waals surface area contributed by atoms with Gasteiger partial charge in [0.05, 0.1) is 16.1 Å². The average molecular weight is 484 g/mol. The van der Waals surface area contributed by atoms with Crippen LogP contribution in [0.4, 0.5) is 8.78 Å². The van der Waals surface area contributed by atoms with Crippen molar-refractivity contribution in [2.24, 2.45) is 10.9 Å². The van der Waals surface area contributed by atoms with Crippen LogP contribution in [0.25, 0.3) is 10.2 Å². The number of carbonyl (C=O) groups excluding carboxylic acids is 1. The number of halogens is 2. The van der Waals surface area contributed by atoms with Crippen molar-refractivity contribution in [3.05, 3.63) is 58.7 Å². The lowest BCUT2D eigenvalue weighted by molar-refractivity contribution is -0.122. The number of aromatic nitrogens is 1. The smallest absolute Gasteiger partial charge is 0.252 e. The van der Waals surface area contributed by atoms with Crippen LogP contribution in [0.15, 0.2) is 51.5 Å². The number of thiophene rings is 1. The van der Waals surface area contributed by atoms with E-state index < -0.39 is 33.5 Å². The van der Waals surface area contributed by atoms with Crippen molar-refractivity contribution < 1.29 is 22.0 Å². The maximum absolute atomic E-state index is 14.4. The Balaban J connectivity index is 1.67. The summed E-state index contributed by atoms with van der Waals surface area (Å²) in [6.07, 6.45) is 2.58. The number of carbonyl (C=O) groups is 1. The number of allylic oxidation sites excluding steroid dienone is 1. The van der Waals surface area contributed by atoms with Crippen LogP contribution in [-0.2, 0) is 21.4 Å². The first-order chi connectivity index (χ1) is 14.8. The molecule has 3 aromatic rings. The normalized spacial score (nSPS) is 18.5. The molecule has 1 unspecified atom stereocenters. The van der Waals surface area contributed by atoms with Crippen molar-refractivity contribution in [1.29, 1.82) is 0 Å². The summed E-state index contributed by atoms with van der Waals surface area (Å²) in [4.78, 5) is 17.3. The fourth-order valence-electron chi connectivity index (χ4n) is 3.60. The third-order valence-corrected chi connectivity index (χ3v) is 9.30. The number of sulfonamides is 1. The van der Waals surface area contributed by atoms with E-state index in [0.29, 0.717) is 24.1 Å². The van der Waals surface area contributed by atoms with Crippen molar-refractivity contribution in [3.8, 4) is 0 Å². The molecule has 6 nitrogen and oxygen atoms in total. The van der Waals surface area contributed by atoms with E-state index in [1.165, 1.54) is 21.0 Å². The molecule has 0 N–H and O–H groups in total. The van der Waals surface area contributed by atoms with E-state index >= 15 is 0 Å². The minimum Gasteiger partial charge on any atom is -0.310 e. The van der Waals surface area contributed by atoms with Crippen LogP contribution in [0.1, 0.15) is 12.8 Å². The molecule has 1 aromatic carbocycles. The van der Waals surface area contributed by atoms with E-state index in [0.717, 1.165) is 28.7 Å². The summed E-state index contributed by atoms with van der Waals surface area (Å²) < 4.78 is 57.0. The lowest BCUT2D eigenvalue weighted by atomic mass is 9.99. The van der Waals surface area contributed by atoms with Gasteiger partial charge in [0.25, 0.3) is 15.9 Å². The summed E-state index contributed by atoms with van der Waals surface area (Å²) in [5, 5.41) is 1.69. The van der Waals surface area contributed by atoms with Gasteiger partial charge in [0, 0.05) is 25.7 Å². The van der Waals surface area contributed by atoms with Crippen LogP contribution in [0.5, 0.6) is 0 Å². The molecule has 0 saturated carbocycles. The molecule has 31 heavy (non-hydrogen) atoms. The fourth-order valence-corrected chi connectivity index (χ4v) is 7.35. The van der Waals surface area contributed by atoms with Crippen molar-refractivity contribution in [1.82, 2.24) is 8.87 Å². The highest BCUT2D eigenvalue weighted by Gasteiger charge is 2.33. The largest absolute Gasteiger partial charge is 0.310 e. The molecule has 0 aliphatic carbocycles. The van der Waals surface area contributed by atoms with E-state index in [2.05, 4.69) is 11.6 Å². The van der Waals surface area contributed by atoms with E-state index in [4.69, 9.17) is 0 Å². The van der Waals surface area contributed by atoms with E-state index in [1.54, 1.807) is 17.5 Å². The summed E-state index contributed by atoms with van der Waals surface area (Å²) >= 11 is 2.14. The highest BCUT2D eigenvalue weighted by atomic mass is 32.2. The van der Waals surface area contributed by atoms with Gasteiger partial charge >= 0.3 is 0 Å². The summed E-state index contributed by atoms with van der Waals surface area (Å²) in [6, 6.07) is 5.19. The first-order valence-electron chi connectivity index (χ1n) is 9.53. The molecule has 1 aliphatic rings. The second-order valence-corrected chi connectivity index (χ2v) is 11.2. The fraction of sp³-hybridized carbons (Fsp3) is 0.300. The lowest BCUT2D eigenvalue weighted by Crippen LogP contribution is -2.42. The second-order valence-electron chi connectivity index (χ2n) is 7.10. The molecular formula is C20H19F2N3O3S3. The van der Waals surface area contributed by atoms with Crippen LogP contribution >= 0.6 is 22.7 Å². The number of amides is 1. The number of benzene rings is 1. The molecule has 0 spiro atoms. The average Bonchev–Trinajstić information content (AvgIpc) is 3.38. The Morgan fingerprint density at radius 1 is 1.35 bits per heavy atom. The summed E-state index contributed by atoms with van der Waals surface area (Å²) in [6.45, 7) is 4.22. The lowest BCUT2D eigenvalue weighted by Gasteiger charge is -2.29. The molecule has 1 saturated heterocycles. The zero-order chi connectivity index (χ0) is 22.2. The predicted molar refractivity (Wildman–Crippen MR) is 116 cm³/mol. The SMILES string of the molecule is C=CCn1c(=NC(=O)C2CCCN(S(=O)(=O)c3cccs3)C2)sc2cc(F)cc(F)c21. The van der Waals surface area contributed by atoms with Gasteiger partial charge in [-0.1, -0.05) is 23.5 Å². The van der Waals surface area contributed by atoms with Crippen molar-refractivity contribution in [2.75, 3.05) is 13.1 Å². The molecule has 164 valence electrons. The number of thiazole rings is 1. The van der Waals surface area contributed by atoms with Gasteiger partial charge in [0.2, 0.25) is 0 Å². The predicted octanol–water partition coefficient (Wildman–Crippen LogP) is 3.76. The zero-order valence-corrected chi connectivity index (χ0v) is 18.8. The molecule has 4 rings (SSSR count). The number of rotatable bonds is 5. The Morgan fingerprint density at radius 3 is 2.87 bits per heavy atom. The highest BCUT2D eigenvalue weighted by molar-refractivity contribution is 7.91. The van der Waals surface area contributed by atoms with Crippen LogP contribution in [0.3, 0.4) is 0 Å². The number of nitrogens with zero attached hydrogens (tertiary/aromatic N) is 3. The molecule has 11 heteroatoms. The summed E-state index contributed by atoms with van der Waals surface area (Å²) in [5.74, 6) is -2.53. The molecule has 1 amide bonds. The number of hydrogen-bond acceptors (Lipinski definition) is 5. The minimum atomic E-state index is -3.65. The van der Waals surface area contributed by atoms with Gasteiger partial charge in [0.15, 0.2) is 10.6 Å². The van der Waals surface area contributed by atoms with Crippen molar-refractivity contribution in [2.45, 2.75) is 23.6 Å². The highest BCUT2D eigenvalue weighted by Crippen LogP contribution is 2.27. The Labute approximate surface area is 185 Å². The maximum atomic E-state index is 14.4. The molecular weight excluding hydrogens is 464 g/mol. The number of hydrogen-bond donors (Lipinski definition) is 0. The monoisotopic (exact) mass is 483 g/mol. The van der Waals surface area contributed by atoms with E-state index in [9.17, 15) is 22.0 Å².